The van der Waals surface area contributed by atoms with E-state index in [4.69, 9.17) is 27.7 Å². The zero-order valence-corrected chi connectivity index (χ0v) is 21.7. The topological polar surface area (TPSA) is 71.3 Å². The molecule has 2 aromatic heterocycles. The summed E-state index contributed by atoms with van der Waals surface area (Å²) in [6.45, 7) is 0.662. The average Bonchev–Trinajstić information content (AvgIpc) is 3.56. The third-order valence-electron chi connectivity index (χ3n) is 6.16. The fourth-order valence-corrected chi connectivity index (χ4v) is 5.44. The smallest absolute Gasteiger partial charge is 0.354 e. The SMILES string of the molecule is O=C(Nc1ccc(F)cc1C(F)(F)F)N1CCC(c2nc(-c3cc(-c4ccc(Cl)c(Cl)c4)no3)cs2)CC1. The minimum absolute atomic E-state index is 0.0758. The number of hydrogen-bond donors (Lipinski definition) is 1. The van der Waals surface area contributed by atoms with Crippen molar-refractivity contribution in [3.05, 3.63) is 74.3 Å². The molecule has 4 aromatic rings. The van der Waals surface area contributed by atoms with E-state index in [-0.39, 0.29) is 5.92 Å². The number of carbonyl (C=O) groups is 1. The van der Waals surface area contributed by atoms with Gasteiger partial charge in [-0.2, -0.15) is 13.2 Å². The molecule has 6 nitrogen and oxygen atoms in total. The first-order valence-corrected chi connectivity index (χ1v) is 13.0. The molecule has 0 spiro atoms. The molecule has 0 atom stereocenters. The highest BCUT2D eigenvalue weighted by Gasteiger charge is 2.35. The Bertz CT molecular complexity index is 1480. The molecule has 0 bridgehead atoms. The molecule has 0 radical (unpaired) electrons. The van der Waals surface area contributed by atoms with Crippen molar-refractivity contribution in [2.75, 3.05) is 18.4 Å². The van der Waals surface area contributed by atoms with Crippen molar-refractivity contribution in [3.63, 3.8) is 0 Å². The van der Waals surface area contributed by atoms with Gasteiger partial charge in [0.15, 0.2) is 5.76 Å². The Morgan fingerprint density at radius 2 is 1.82 bits per heavy atom. The number of nitrogens with zero attached hydrogens (tertiary/aromatic N) is 3. The van der Waals surface area contributed by atoms with Crippen LogP contribution in [0.25, 0.3) is 22.7 Å². The molecule has 5 rings (SSSR count). The number of amides is 2. The second-order valence-electron chi connectivity index (χ2n) is 8.66. The van der Waals surface area contributed by atoms with Gasteiger partial charge in [-0.3, -0.25) is 0 Å². The molecule has 198 valence electrons. The molecule has 1 N–H and O–H groups in total. The van der Waals surface area contributed by atoms with Crippen LogP contribution >= 0.6 is 34.5 Å². The number of piperidine rings is 1. The number of likely N-dealkylation sites (tertiary alicyclic amines) is 1. The number of alkyl halides is 3. The third kappa shape index (κ3) is 5.64. The van der Waals surface area contributed by atoms with Gasteiger partial charge in [-0.1, -0.05) is 34.4 Å². The molecule has 0 unspecified atom stereocenters. The maximum Gasteiger partial charge on any atom is 0.418 e. The average molecular weight is 585 g/mol. The van der Waals surface area contributed by atoms with Gasteiger partial charge in [0.1, 0.15) is 17.2 Å². The Balaban J connectivity index is 1.21. The summed E-state index contributed by atoms with van der Waals surface area (Å²) in [5.74, 6) is -0.466. The number of carbonyl (C=O) groups excluding carboxylic acids is 1. The van der Waals surface area contributed by atoms with E-state index >= 15 is 0 Å². The maximum atomic E-state index is 13.3. The predicted molar refractivity (Wildman–Crippen MR) is 137 cm³/mol. The normalized spacial score (nSPS) is 14.6. The summed E-state index contributed by atoms with van der Waals surface area (Å²) in [5, 5.41) is 9.93. The van der Waals surface area contributed by atoms with Crippen molar-refractivity contribution >= 4 is 46.3 Å². The quantitative estimate of drug-likeness (QED) is 0.245. The first-order chi connectivity index (χ1) is 18.1. The molecular weight excluding hydrogens is 567 g/mol. The zero-order valence-electron chi connectivity index (χ0n) is 19.4. The van der Waals surface area contributed by atoms with Crippen molar-refractivity contribution in [3.8, 4) is 22.7 Å². The molecular formula is C25H18Cl2F4N4O2S. The van der Waals surface area contributed by atoms with E-state index in [0.29, 0.717) is 59.2 Å². The highest BCUT2D eigenvalue weighted by atomic mass is 35.5. The van der Waals surface area contributed by atoms with Crippen LogP contribution in [0.2, 0.25) is 10.0 Å². The minimum Gasteiger partial charge on any atom is -0.354 e. The van der Waals surface area contributed by atoms with Crippen molar-refractivity contribution in [2.24, 2.45) is 0 Å². The van der Waals surface area contributed by atoms with Crippen LogP contribution in [-0.2, 0) is 6.18 Å². The number of urea groups is 1. The van der Waals surface area contributed by atoms with Crippen LogP contribution in [0.4, 0.5) is 28.0 Å². The molecule has 1 aliphatic heterocycles. The lowest BCUT2D eigenvalue weighted by atomic mass is 9.98. The van der Waals surface area contributed by atoms with Gasteiger partial charge in [-0.15, -0.1) is 11.3 Å². The number of nitrogens with one attached hydrogen (secondary N) is 1. The first kappa shape index (κ1) is 26.5. The summed E-state index contributed by atoms with van der Waals surface area (Å²) in [6.07, 6.45) is -3.63. The van der Waals surface area contributed by atoms with E-state index in [0.717, 1.165) is 22.7 Å². The first-order valence-electron chi connectivity index (χ1n) is 11.4. The number of halogens is 6. The molecule has 3 heterocycles. The Morgan fingerprint density at radius 3 is 2.53 bits per heavy atom. The fraction of sp³-hybridized carbons (Fsp3) is 0.240. The van der Waals surface area contributed by atoms with Gasteiger partial charge >= 0.3 is 12.2 Å². The van der Waals surface area contributed by atoms with Crippen molar-refractivity contribution in [2.45, 2.75) is 24.9 Å². The zero-order chi connectivity index (χ0) is 27.0. The number of hydrogen-bond acceptors (Lipinski definition) is 5. The molecule has 1 aliphatic rings. The minimum atomic E-state index is -4.80. The molecule has 38 heavy (non-hydrogen) atoms. The van der Waals surface area contributed by atoms with E-state index in [9.17, 15) is 22.4 Å². The van der Waals surface area contributed by atoms with Gasteiger partial charge in [-0.25, -0.2) is 14.2 Å². The fourth-order valence-electron chi connectivity index (χ4n) is 4.16. The second-order valence-corrected chi connectivity index (χ2v) is 10.4. The Morgan fingerprint density at radius 1 is 1.05 bits per heavy atom. The monoisotopic (exact) mass is 584 g/mol. The van der Waals surface area contributed by atoms with Crippen LogP contribution in [0.3, 0.4) is 0 Å². The lowest BCUT2D eigenvalue weighted by Crippen LogP contribution is -2.40. The Labute approximate surface area is 228 Å². The van der Waals surface area contributed by atoms with Crippen molar-refractivity contribution in [1.29, 1.82) is 0 Å². The van der Waals surface area contributed by atoms with Gasteiger partial charge in [0.25, 0.3) is 0 Å². The lowest BCUT2D eigenvalue weighted by Gasteiger charge is -2.31. The standard InChI is InChI=1S/C25H18Cl2F4N4O2S/c26-17-3-1-14(9-18(17)27)20-11-22(37-34-20)21-12-38-23(32-21)13-5-7-35(8-6-13)24(36)33-19-4-2-15(28)10-16(19)25(29,30)31/h1-4,9-13H,5-8H2,(H,33,36). The van der Waals surface area contributed by atoms with Crippen LogP contribution < -0.4 is 5.32 Å². The summed E-state index contributed by atoms with van der Waals surface area (Å²) < 4.78 is 58.6. The van der Waals surface area contributed by atoms with E-state index in [1.54, 1.807) is 24.3 Å². The number of anilines is 1. The van der Waals surface area contributed by atoms with Gasteiger partial charge in [0.05, 0.1) is 26.3 Å². The van der Waals surface area contributed by atoms with Crippen molar-refractivity contribution in [1.82, 2.24) is 15.0 Å². The van der Waals surface area contributed by atoms with Crippen LogP contribution in [0.1, 0.15) is 29.3 Å². The molecule has 0 saturated carbocycles. The van der Waals surface area contributed by atoms with Crippen LogP contribution in [0, 0.1) is 5.82 Å². The molecule has 0 aliphatic carbocycles. The van der Waals surface area contributed by atoms with Crippen LogP contribution in [0.5, 0.6) is 0 Å². The molecule has 1 fully saturated rings. The second kappa shape index (κ2) is 10.5. The van der Waals surface area contributed by atoms with E-state index in [1.807, 2.05) is 5.38 Å². The summed E-state index contributed by atoms with van der Waals surface area (Å²) in [4.78, 5) is 18.8. The largest absolute Gasteiger partial charge is 0.418 e. The third-order valence-corrected chi connectivity index (χ3v) is 7.91. The van der Waals surface area contributed by atoms with E-state index < -0.39 is 29.3 Å². The van der Waals surface area contributed by atoms with E-state index in [1.165, 1.54) is 16.2 Å². The van der Waals surface area contributed by atoms with E-state index in [2.05, 4.69) is 15.5 Å². The molecule has 2 aromatic carbocycles. The van der Waals surface area contributed by atoms with Gasteiger partial charge in [-0.05, 0) is 43.2 Å². The number of rotatable bonds is 4. The van der Waals surface area contributed by atoms with Crippen LogP contribution in [-0.4, -0.2) is 34.2 Å². The van der Waals surface area contributed by atoms with Gasteiger partial charge in [0.2, 0.25) is 0 Å². The van der Waals surface area contributed by atoms with Gasteiger partial charge in [0, 0.05) is 36.0 Å². The summed E-state index contributed by atoms with van der Waals surface area (Å²) >= 11 is 13.5. The summed E-state index contributed by atoms with van der Waals surface area (Å²) in [7, 11) is 0. The predicted octanol–water partition coefficient (Wildman–Crippen LogP) is 8.34. The number of aromatic nitrogens is 2. The molecule has 2 amide bonds. The highest BCUT2D eigenvalue weighted by molar-refractivity contribution is 7.10. The summed E-state index contributed by atoms with van der Waals surface area (Å²) in [6, 6.07) is 8.40. The van der Waals surface area contributed by atoms with Gasteiger partial charge < -0.3 is 14.7 Å². The lowest BCUT2D eigenvalue weighted by molar-refractivity contribution is -0.137. The Hall–Kier alpha value is -3.15. The maximum absolute atomic E-state index is 13.3. The number of thiazole rings is 1. The van der Waals surface area contributed by atoms with Crippen LogP contribution in [0.15, 0.2) is 52.4 Å². The highest BCUT2D eigenvalue weighted by Crippen LogP contribution is 2.37. The molecule has 1 saturated heterocycles. The molecule has 13 heteroatoms. The summed E-state index contributed by atoms with van der Waals surface area (Å²) in [5.41, 5.74) is 0.245. The Kier molecular flexibility index (Phi) is 7.34. The van der Waals surface area contributed by atoms with Crippen molar-refractivity contribution < 1.29 is 26.9 Å². The number of benzene rings is 2.